The molecule has 1 N–H and O–H groups in total. The molecule has 2 rings (SSSR count). The molecule has 2 atom stereocenters. The summed E-state index contributed by atoms with van der Waals surface area (Å²) in [6.45, 7) is 3.30. The van der Waals surface area contributed by atoms with Crippen LogP contribution < -0.4 is 5.32 Å². The van der Waals surface area contributed by atoms with Crippen molar-refractivity contribution in [1.29, 1.82) is 0 Å². The number of hydrogen-bond acceptors (Lipinski definition) is 3. The molecule has 1 aliphatic rings. The van der Waals surface area contributed by atoms with Gasteiger partial charge < -0.3 is 5.32 Å². The first kappa shape index (κ1) is 10.5. The van der Waals surface area contributed by atoms with Crippen LogP contribution in [0.5, 0.6) is 0 Å². The fourth-order valence-electron chi connectivity index (χ4n) is 2.00. The zero-order valence-corrected chi connectivity index (χ0v) is 10.2. The highest BCUT2D eigenvalue weighted by Crippen LogP contribution is 2.27. The highest BCUT2D eigenvalue weighted by Gasteiger charge is 2.26. The Morgan fingerprint density at radius 2 is 2.43 bits per heavy atom. The lowest BCUT2D eigenvalue weighted by Gasteiger charge is -2.18. The quantitative estimate of drug-likeness (QED) is 0.848. The van der Waals surface area contributed by atoms with Gasteiger partial charge in [0.25, 0.3) is 0 Å². The smallest absolute Gasteiger partial charge is 0.0197 e. The SMILES string of the molecule is CCNC1CSCC1Cc1ccsc1. The van der Waals surface area contributed by atoms with Crippen molar-refractivity contribution >= 4 is 23.1 Å². The number of rotatable bonds is 4. The first-order chi connectivity index (χ1) is 6.90. The summed E-state index contributed by atoms with van der Waals surface area (Å²) < 4.78 is 0. The standard InChI is InChI=1S/C11H17NS2/c1-2-12-11-8-14-7-10(11)5-9-3-4-13-6-9/h3-4,6,10-12H,2,5,7-8H2,1H3. The van der Waals surface area contributed by atoms with E-state index in [0.717, 1.165) is 18.5 Å². The van der Waals surface area contributed by atoms with Gasteiger partial charge >= 0.3 is 0 Å². The van der Waals surface area contributed by atoms with Crippen LogP contribution in [0.3, 0.4) is 0 Å². The van der Waals surface area contributed by atoms with Crippen LogP contribution in [0.15, 0.2) is 16.8 Å². The largest absolute Gasteiger partial charge is 0.313 e. The summed E-state index contributed by atoms with van der Waals surface area (Å²) in [6, 6.07) is 3.00. The molecule has 0 saturated carbocycles. The van der Waals surface area contributed by atoms with Crippen LogP contribution in [0.4, 0.5) is 0 Å². The Kier molecular flexibility index (Phi) is 3.90. The molecule has 0 spiro atoms. The Balaban J connectivity index is 1.90. The maximum atomic E-state index is 3.59. The Hall–Kier alpha value is 0.01000. The van der Waals surface area contributed by atoms with Crippen molar-refractivity contribution in [2.45, 2.75) is 19.4 Å². The van der Waals surface area contributed by atoms with Crippen molar-refractivity contribution in [3.63, 3.8) is 0 Å². The van der Waals surface area contributed by atoms with Crippen LogP contribution >= 0.6 is 23.1 Å². The van der Waals surface area contributed by atoms with Gasteiger partial charge in [0.1, 0.15) is 0 Å². The van der Waals surface area contributed by atoms with Gasteiger partial charge in [0.05, 0.1) is 0 Å². The van der Waals surface area contributed by atoms with Crippen LogP contribution in [0, 0.1) is 5.92 Å². The molecule has 2 unspecified atom stereocenters. The minimum absolute atomic E-state index is 0.741. The van der Waals surface area contributed by atoms with Gasteiger partial charge in [-0.2, -0.15) is 23.1 Å². The van der Waals surface area contributed by atoms with Crippen LogP contribution in [0.25, 0.3) is 0 Å². The summed E-state index contributed by atoms with van der Waals surface area (Å²) in [4.78, 5) is 0. The van der Waals surface area contributed by atoms with Gasteiger partial charge in [-0.1, -0.05) is 6.92 Å². The van der Waals surface area contributed by atoms with Crippen molar-refractivity contribution in [1.82, 2.24) is 5.32 Å². The fourth-order valence-corrected chi connectivity index (χ4v) is 4.11. The van der Waals surface area contributed by atoms with Crippen LogP contribution in [-0.4, -0.2) is 24.1 Å². The highest BCUT2D eigenvalue weighted by molar-refractivity contribution is 7.99. The lowest BCUT2D eigenvalue weighted by molar-refractivity contribution is 0.434. The van der Waals surface area contributed by atoms with Crippen molar-refractivity contribution in [2.24, 2.45) is 5.92 Å². The summed E-state index contributed by atoms with van der Waals surface area (Å²) in [7, 11) is 0. The zero-order chi connectivity index (χ0) is 9.80. The van der Waals surface area contributed by atoms with E-state index in [1.54, 1.807) is 0 Å². The first-order valence-electron chi connectivity index (χ1n) is 5.22. The molecule has 1 aromatic heterocycles. The van der Waals surface area contributed by atoms with E-state index in [0.29, 0.717) is 0 Å². The lowest BCUT2D eigenvalue weighted by atomic mass is 9.96. The van der Waals surface area contributed by atoms with Crippen molar-refractivity contribution < 1.29 is 0 Å². The van der Waals surface area contributed by atoms with E-state index >= 15 is 0 Å². The molecule has 0 aromatic carbocycles. The molecule has 1 fully saturated rings. The van der Waals surface area contributed by atoms with Crippen LogP contribution in [0.1, 0.15) is 12.5 Å². The molecule has 78 valence electrons. The summed E-state index contributed by atoms with van der Waals surface area (Å²) in [5, 5.41) is 8.05. The third kappa shape index (κ3) is 2.53. The monoisotopic (exact) mass is 227 g/mol. The maximum Gasteiger partial charge on any atom is 0.0197 e. The number of thioether (sulfide) groups is 1. The Morgan fingerprint density at radius 1 is 1.50 bits per heavy atom. The van der Waals surface area contributed by atoms with E-state index in [1.165, 1.54) is 23.5 Å². The Morgan fingerprint density at radius 3 is 3.14 bits per heavy atom. The maximum absolute atomic E-state index is 3.59. The zero-order valence-electron chi connectivity index (χ0n) is 8.53. The normalized spacial score (nSPS) is 26.9. The molecule has 3 heteroatoms. The number of nitrogens with one attached hydrogen (secondary N) is 1. The Labute approximate surface area is 94.3 Å². The second kappa shape index (κ2) is 5.19. The minimum atomic E-state index is 0.741. The molecule has 0 bridgehead atoms. The van der Waals surface area contributed by atoms with Gasteiger partial charge in [-0.25, -0.2) is 0 Å². The molecule has 1 aliphatic heterocycles. The Bertz CT molecular complexity index is 258. The highest BCUT2D eigenvalue weighted by atomic mass is 32.2. The molecular weight excluding hydrogens is 210 g/mol. The van der Waals surface area contributed by atoms with Crippen molar-refractivity contribution in [3.8, 4) is 0 Å². The predicted octanol–water partition coefficient (Wildman–Crippen LogP) is 2.63. The van der Waals surface area contributed by atoms with Gasteiger partial charge in [0, 0.05) is 11.8 Å². The fraction of sp³-hybridized carbons (Fsp3) is 0.636. The second-order valence-electron chi connectivity index (χ2n) is 3.80. The topological polar surface area (TPSA) is 12.0 Å². The molecule has 1 saturated heterocycles. The molecule has 2 heterocycles. The second-order valence-corrected chi connectivity index (χ2v) is 5.65. The molecule has 0 radical (unpaired) electrons. The van der Waals surface area contributed by atoms with Crippen LogP contribution in [0.2, 0.25) is 0 Å². The summed E-state index contributed by atoms with van der Waals surface area (Å²) >= 11 is 3.90. The average Bonchev–Trinajstić information content (AvgIpc) is 2.80. The minimum Gasteiger partial charge on any atom is -0.313 e. The van der Waals surface area contributed by atoms with Gasteiger partial charge in [-0.3, -0.25) is 0 Å². The molecule has 14 heavy (non-hydrogen) atoms. The summed E-state index contributed by atoms with van der Waals surface area (Å²) in [5.41, 5.74) is 1.52. The van der Waals surface area contributed by atoms with E-state index in [4.69, 9.17) is 0 Å². The van der Waals surface area contributed by atoms with E-state index < -0.39 is 0 Å². The third-order valence-electron chi connectivity index (χ3n) is 2.74. The molecule has 1 aromatic rings. The van der Waals surface area contributed by atoms with E-state index in [1.807, 2.05) is 11.3 Å². The third-order valence-corrected chi connectivity index (χ3v) is 4.73. The summed E-state index contributed by atoms with van der Waals surface area (Å²) in [6.07, 6.45) is 1.26. The van der Waals surface area contributed by atoms with Gasteiger partial charge in [0.2, 0.25) is 0 Å². The number of thiophene rings is 1. The predicted molar refractivity (Wildman–Crippen MR) is 66.3 cm³/mol. The molecular formula is C11H17NS2. The average molecular weight is 227 g/mol. The van der Waals surface area contributed by atoms with Gasteiger partial charge in [0.15, 0.2) is 0 Å². The van der Waals surface area contributed by atoms with Gasteiger partial charge in [-0.05, 0) is 47.0 Å². The lowest BCUT2D eigenvalue weighted by Crippen LogP contribution is -2.36. The number of hydrogen-bond donors (Lipinski definition) is 1. The summed E-state index contributed by atoms with van der Waals surface area (Å²) in [5.74, 6) is 3.46. The van der Waals surface area contributed by atoms with Crippen molar-refractivity contribution in [2.75, 3.05) is 18.1 Å². The van der Waals surface area contributed by atoms with E-state index in [9.17, 15) is 0 Å². The van der Waals surface area contributed by atoms with Gasteiger partial charge in [-0.15, -0.1) is 0 Å². The first-order valence-corrected chi connectivity index (χ1v) is 7.32. The van der Waals surface area contributed by atoms with E-state index in [2.05, 4.69) is 40.8 Å². The van der Waals surface area contributed by atoms with E-state index in [-0.39, 0.29) is 0 Å². The van der Waals surface area contributed by atoms with Crippen LogP contribution in [-0.2, 0) is 6.42 Å². The molecule has 0 amide bonds. The molecule has 0 aliphatic carbocycles. The molecule has 1 nitrogen and oxygen atoms in total. The van der Waals surface area contributed by atoms with Crippen molar-refractivity contribution in [3.05, 3.63) is 22.4 Å².